The first kappa shape index (κ1) is 15.6. The first-order valence-electron chi connectivity index (χ1n) is 7.96. The maximum Gasteiger partial charge on any atom is 0.304 e. The van der Waals surface area contributed by atoms with Gasteiger partial charge in [0.1, 0.15) is 18.8 Å². The van der Waals surface area contributed by atoms with Crippen molar-refractivity contribution < 1.29 is 9.30 Å². The van der Waals surface area contributed by atoms with Gasteiger partial charge in [0.25, 0.3) is 0 Å². The highest BCUT2D eigenvalue weighted by molar-refractivity contribution is 6.40. The minimum atomic E-state index is 0.124. The van der Waals surface area contributed by atoms with Crippen LogP contribution in [0.3, 0.4) is 0 Å². The predicted molar refractivity (Wildman–Crippen MR) is 95.7 cm³/mol. The molecule has 0 saturated heterocycles. The summed E-state index contributed by atoms with van der Waals surface area (Å²) in [6.07, 6.45) is 2.99. The highest BCUT2D eigenvalue weighted by Crippen LogP contribution is 2.36. The molecule has 4 nitrogen and oxygen atoms in total. The number of rotatable bonds is 1. The van der Waals surface area contributed by atoms with Gasteiger partial charge in [-0.15, -0.1) is 0 Å². The lowest BCUT2D eigenvalue weighted by Crippen LogP contribution is -2.51. The summed E-state index contributed by atoms with van der Waals surface area (Å²) in [7, 11) is 0. The highest BCUT2D eigenvalue weighted by atomic mass is 35.5. The summed E-state index contributed by atoms with van der Waals surface area (Å²) in [6.45, 7) is 0.463. The fourth-order valence-electron chi connectivity index (χ4n) is 3.78. The zero-order valence-corrected chi connectivity index (χ0v) is 15.3. The maximum absolute atomic E-state index is 6.36. The lowest BCUT2D eigenvalue weighted by molar-refractivity contribution is -0.739. The van der Waals surface area contributed by atoms with Crippen LogP contribution in [0.1, 0.15) is 23.0 Å². The molecule has 0 radical (unpaired) electrons. The average Bonchev–Trinajstić information content (AvgIpc) is 3.13. The van der Waals surface area contributed by atoms with Gasteiger partial charge in [-0.3, -0.25) is 0 Å². The number of fused-ring (bicyclic) bond motifs is 5. The minimum Gasteiger partial charge on any atom is -0.363 e. The fourth-order valence-corrected chi connectivity index (χ4v) is 4.77. The van der Waals surface area contributed by atoms with Crippen molar-refractivity contribution >= 4 is 34.8 Å². The van der Waals surface area contributed by atoms with Gasteiger partial charge in [0.15, 0.2) is 5.69 Å². The van der Waals surface area contributed by atoms with Crippen LogP contribution in [0.4, 0.5) is 0 Å². The van der Waals surface area contributed by atoms with Gasteiger partial charge in [0.05, 0.1) is 10.0 Å². The van der Waals surface area contributed by atoms with Crippen LogP contribution < -0.4 is 4.57 Å². The summed E-state index contributed by atoms with van der Waals surface area (Å²) < 4.78 is 9.94. The van der Waals surface area contributed by atoms with E-state index in [0.29, 0.717) is 27.4 Å². The Morgan fingerprint density at radius 3 is 2.68 bits per heavy atom. The van der Waals surface area contributed by atoms with Gasteiger partial charge >= 0.3 is 5.82 Å². The molecule has 0 amide bonds. The second kappa shape index (κ2) is 5.71. The van der Waals surface area contributed by atoms with Crippen LogP contribution in [-0.4, -0.2) is 15.9 Å². The summed E-state index contributed by atoms with van der Waals surface area (Å²) >= 11 is 18.7. The zero-order chi connectivity index (χ0) is 17.1. The molecular formula is C18H13Cl3N3O+. The Kier molecular flexibility index (Phi) is 3.57. The molecule has 25 heavy (non-hydrogen) atoms. The van der Waals surface area contributed by atoms with E-state index in [1.807, 2.05) is 6.33 Å². The van der Waals surface area contributed by atoms with Crippen molar-refractivity contribution in [2.75, 3.05) is 0 Å². The monoisotopic (exact) mass is 392 g/mol. The maximum atomic E-state index is 6.36. The lowest BCUT2D eigenvalue weighted by Gasteiger charge is -2.23. The topological polar surface area (TPSA) is 30.9 Å². The second-order valence-corrected chi connectivity index (χ2v) is 7.55. The molecule has 5 rings (SSSR count). The van der Waals surface area contributed by atoms with Crippen LogP contribution in [-0.2, 0) is 17.8 Å². The van der Waals surface area contributed by atoms with Gasteiger partial charge in [-0.05, 0) is 23.3 Å². The third-order valence-electron chi connectivity index (χ3n) is 4.84. The molecule has 2 aromatic carbocycles. The number of nitrogens with zero attached hydrogens (tertiary/aromatic N) is 3. The van der Waals surface area contributed by atoms with Crippen molar-refractivity contribution in [3.8, 4) is 5.69 Å². The van der Waals surface area contributed by atoms with E-state index < -0.39 is 0 Å². The van der Waals surface area contributed by atoms with E-state index in [1.165, 1.54) is 11.1 Å². The van der Waals surface area contributed by atoms with Crippen LogP contribution >= 0.6 is 34.8 Å². The molecule has 0 bridgehead atoms. The van der Waals surface area contributed by atoms with E-state index in [0.717, 1.165) is 12.2 Å². The summed E-state index contributed by atoms with van der Waals surface area (Å²) in [4.78, 5) is 0. The quantitative estimate of drug-likeness (QED) is 0.581. The number of halogens is 3. The molecule has 0 fully saturated rings. The van der Waals surface area contributed by atoms with E-state index in [1.54, 1.807) is 16.8 Å². The third kappa shape index (κ3) is 2.40. The number of hydrogen-bond acceptors (Lipinski definition) is 2. The van der Waals surface area contributed by atoms with Gasteiger partial charge in [-0.1, -0.05) is 63.8 Å². The lowest BCUT2D eigenvalue weighted by atomic mass is 10.1. The molecular weight excluding hydrogens is 381 g/mol. The summed E-state index contributed by atoms with van der Waals surface area (Å²) in [5, 5.41) is 6.07. The van der Waals surface area contributed by atoms with Crippen LogP contribution in [0.5, 0.6) is 0 Å². The summed E-state index contributed by atoms with van der Waals surface area (Å²) in [5.41, 5.74) is 3.23. The average molecular weight is 394 g/mol. The molecule has 2 unspecified atom stereocenters. The third-order valence-corrected chi connectivity index (χ3v) is 5.63. The number of benzene rings is 2. The molecule has 0 saturated carbocycles. The van der Waals surface area contributed by atoms with Crippen LogP contribution in [0.2, 0.25) is 15.1 Å². The fraction of sp³-hybridized carbons (Fsp3) is 0.222. The molecule has 1 aliphatic heterocycles. The Balaban J connectivity index is 1.65. The van der Waals surface area contributed by atoms with E-state index >= 15 is 0 Å². The Labute approximate surface area is 159 Å². The first-order valence-corrected chi connectivity index (χ1v) is 9.09. The van der Waals surface area contributed by atoms with Crippen molar-refractivity contribution in [1.82, 2.24) is 9.78 Å². The van der Waals surface area contributed by atoms with E-state index in [-0.39, 0.29) is 12.1 Å². The standard InChI is InChI=1S/C18H13Cl3N3O/c19-11-6-13(20)18(14(21)7-11)24-9-23-16(22-24)8-25-15-5-10-3-1-2-4-12(10)17(15)23/h1-4,6-7,9,15,17H,5,8H2/q+1. The molecule has 1 aliphatic carbocycles. The van der Waals surface area contributed by atoms with E-state index in [4.69, 9.17) is 39.5 Å². The van der Waals surface area contributed by atoms with Crippen molar-refractivity contribution in [2.24, 2.45) is 0 Å². The van der Waals surface area contributed by atoms with Crippen LogP contribution in [0.15, 0.2) is 42.7 Å². The molecule has 2 aliphatic rings. The first-order chi connectivity index (χ1) is 12.1. The molecule has 2 heterocycles. The van der Waals surface area contributed by atoms with Crippen molar-refractivity contribution in [3.05, 3.63) is 74.7 Å². The van der Waals surface area contributed by atoms with Gasteiger partial charge < -0.3 is 4.74 Å². The molecule has 0 spiro atoms. The largest absolute Gasteiger partial charge is 0.363 e. The summed E-state index contributed by atoms with van der Waals surface area (Å²) in [6, 6.07) is 11.9. The number of ether oxygens (including phenoxy) is 1. The van der Waals surface area contributed by atoms with Crippen LogP contribution in [0, 0.1) is 0 Å². The van der Waals surface area contributed by atoms with Gasteiger partial charge in [-0.2, -0.15) is 0 Å². The van der Waals surface area contributed by atoms with Crippen molar-refractivity contribution in [1.29, 1.82) is 0 Å². The molecule has 3 aromatic rings. The summed E-state index contributed by atoms with van der Waals surface area (Å²) in [5.74, 6) is 0.847. The van der Waals surface area contributed by atoms with Gasteiger partial charge in [-0.25, -0.2) is 4.57 Å². The Morgan fingerprint density at radius 1 is 1.12 bits per heavy atom. The Morgan fingerprint density at radius 2 is 1.88 bits per heavy atom. The molecule has 126 valence electrons. The minimum absolute atomic E-state index is 0.124. The molecule has 1 aromatic heterocycles. The Hall–Kier alpha value is -1.59. The van der Waals surface area contributed by atoms with E-state index in [9.17, 15) is 0 Å². The second-order valence-electron chi connectivity index (χ2n) is 6.30. The van der Waals surface area contributed by atoms with Gasteiger partial charge in [0, 0.05) is 16.5 Å². The predicted octanol–water partition coefficient (Wildman–Crippen LogP) is 4.16. The number of aromatic nitrogens is 3. The Bertz CT molecular complexity index is 978. The SMILES string of the molecule is Clc1cc(Cl)c(-n2c[n+]3c(n2)COC2Cc4ccccc4C23)c(Cl)c1. The normalized spacial score (nSPS) is 20.9. The van der Waals surface area contributed by atoms with Crippen molar-refractivity contribution in [3.63, 3.8) is 0 Å². The highest BCUT2D eigenvalue weighted by Gasteiger charge is 2.43. The van der Waals surface area contributed by atoms with Gasteiger partial charge in [0.2, 0.25) is 6.33 Å². The number of hydrogen-bond donors (Lipinski definition) is 0. The molecule has 7 heteroatoms. The van der Waals surface area contributed by atoms with Crippen molar-refractivity contribution in [2.45, 2.75) is 25.2 Å². The smallest absolute Gasteiger partial charge is 0.304 e. The van der Waals surface area contributed by atoms with E-state index in [2.05, 4.69) is 33.9 Å². The molecule has 0 N–H and O–H groups in total. The molecule has 2 atom stereocenters. The van der Waals surface area contributed by atoms with Crippen LogP contribution in [0.25, 0.3) is 5.69 Å². The zero-order valence-electron chi connectivity index (χ0n) is 13.0.